The molecular weight excluding hydrogens is 622 g/mol. The molecule has 1 aliphatic rings. The molecule has 0 aromatic rings. The van der Waals surface area contributed by atoms with Crippen LogP contribution in [0.5, 0.6) is 0 Å². The lowest BCUT2D eigenvalue weighted by Gasteiger charge is -2.40. The predicted octanol–water partition coefficient (Wildman–Crippen LogP) is 7.39. The first-order valence-electron chi connectivity index (χ1n) is 20.4. The molecule has 290 valence electrons. The molecule has 0 spiro atoms. The molecule has 1 heterocycles. The molecule has 6 N–H and O–H groups in total. The number of unbranched alkanes of at least 4 members (excludes halogenated alkanes) is 21. The Hall–Kier alpha value is -1.07. The highest BCUT2D eigenvalue weighted by Gasteiger charge is 2.44. The lowest BCUT2D eigenvalue weighted by atomic mass is 9.99. The van der Waals surface area contributed by atoms with Crippen molar-refractivity contribution in [2.45, 2.75) is 224 Å². The standard InChI is InChI=1S/C40H77NO8/c1-3-5-7-9-11-13-15-16-17-18-19-20-21-23-25-27-29-34(43)33(32-48-40-39(47)38(46)37(45)35(31-42)49-40)41-36(44)30-28-26-24-22-14-12-10-8-6-4-2/h20-21,33-35,37-40,42-43,45-47H,3-19,22-32H2,1-2H3,(H,41,44)/b21-20+/t33-,34+,35+,37+,38?,39?,40+/m0/s1. The van der Waals surface area contributed by atoms with E-state index in [9.17, 15) is 30.3 Å². The average molecular weight is 700 g/mol. The van der Waals surface area contributed by atoms with E-state index >= 15 is 0 Å². The second kappa shape index (κ2) is 31.6. The summed E-state index contributed by atoms with van der Waals surface area (Å²) in [7, 11) is 0. The van der Waals surface area contributed by atoms with Gasteiger partial charge in [0.2, 0.25) is 5.91 Å². The van der Waals surface area contributed by atoms with Crippen molar-refractivity contribution in [3.63, 3.8) is 0 Å². The van der Waals surface area contributed by atoms with Crippen molar-refractivity contribution >= 4 is 5.91 Å². The van der Waals surface area contributed by atoms with Crippen LogP contribution in [0.1, 0.15) is 181 Å². The maximum atomic E-state index is 12.9. The summed E-state index contributed by atoms with van der Waals surface area (Å²) in [5, 5.41) is 54.1. The van der Waals surface area contributed by atoms with E-state index in [1.54, 1.807) is 0 Å². The predicted molar refractivity (Wildman–Crippen MR) is 198 cm³/mol. The van der Waals surface area contributed by atoms with Gasteiger partial charge in [0.1, 0.15) is 24.4 Å². The van der Waals surface area contributed by atoms with E-state index in [4.69, 9.17) is 9.47 Å². The lowest BCUT2D eigenvalue weighted by Crippen LogP contribution is -2.60. The first-order chi connectivity index (χ1) is 23.8. The third-order valence-corrected chi connectivity index (χ3v) is 9.87. The highest BCUT2D eigenvalue weighted by Crippen LogP contribution is 2.23. The van der Waals surface area contributed by atoms with Crippen LogP contribution in [0, 0.1) is 0 Å². The van der Waals surface area contributed by atoms with Gasteiger partial charge in [-0.1, -0.05) is 148 Å². The monoisotopic (exact) mass is 700 g/mol. The van der Waals surface area contributed by atoms with Crippen LogP contribution < -0.4 is 5.32 Å². The van der Waals surface area contributed by atoms with Crippen LogP contribution in [-0.4, -0.2) is 87.5 Å². The Kier molecular flexibility index (Phi) is 29.7. The van der Waals surface area contributed by atoms with E-state index < -0.39 is 49.5 Å². The molecular formula is C40H77NO8. The van der Waals surface area contributed by atoms with E-state index in [1.807, 2.05) is 0 Å². The number of rotatable bonds is 33. The highest BCUT2D eigenvalue weighted by atomic mass is 16.7. The van der Waals surface area contributed by atoms with Crippen molar-refractivity contribution in [1.82, 2.24) is 5.32 Å². The number of aliphatic hydroxyl groups is 5. The van der Waals surface area contributed by atoms with Crippen molar-refractivity contribution < 1.29 is 39.8 Å². The quantitative estimate of drug-likeness (QED) is 0.0307. The Labute approximate surface area is 299 Å². The Bertz CT molecular complexity index is 781. The molecule has 49 heavy (non-hydrogen) atoms. The Morgan fingerprint density at radius 2 is 1.14 bits per heavy atom. The number of ether oxygens (including phenoxy) is 2. The minimum absolute atomic E-state index is 0.146. The number of carbonyl (C=O) groups is 1. The minimum Gasteiger partial charge on any atom is -0.394 e. The van der Waals surface area contributed by atoms with Crippen LogP contribution in [0.25, 0.3) is 0 Å². The minimum atomic E-state index is -1.55. The fourth-order valence-corrected chi connectivity index (χ4v) is 6.51. The number of aliphatic hydroxyl groups excluding tert-OH is 5. The van der Waals surface area contributed by atoms with E-state index in [0.29, 0.717) is 12.8 Å². The van der Waals surface area contributed by atoms with Crippen molar-refractivity contribution in [1.29, 1.82) is 0 Å². The summed E-state index contributed by atoms with van der Waals surface area (Å²) in [5.41, 5.74) is 0. The molecule has 9 heteroatoms. The lowest BCUT2D eigenvalue weighted by molar-refractivity contribution is -0.302. The molecule has 7 atom stereocenters. The summed E-state index contributed by atoms with van der Waals surface area (Å²) in [6, 6.07) is -0.727. The fourth-order valence-electron chi connectivity index (χ4n) is 6.51. The zero-order valence-corrected chi connectivity index (χ0v) is 31.5. The van der Waals surface area contributed by atoms with Gasteiger partial charge in [0, 0.05) is 6.42 Å². The molecule has 0 aliphatic carbocycles. The summed E-state index contributed by atoms with van der Waals surface area (Å²) >= 11 is 0. The van der Waals surface area contributed by atoms with Gasteiger partial charge in [-0.15, -0.1) is 0 Å². The molecule has 0 aromatic carbocycles. The molecule has 1 saturated heterocycles. The summed E-state index contributed by atoms with van der Waals surface area (Å²) in [6.45, 7) is 3.79. The van der Waals surface area contributed by atoms with Crippen LogP contribution in [0.15, 0.2) is 12.2 Å². The van der Waals surface area contributed by atoms with Crippen molar-refractivity contribution in [2.75, 3.05) is 13.2 Å². The molecule has 1 rings (SSSR count). The van der Waals surface area contributed by atoms with Gasteiger partial charge in [0.05, 0.1) is 25.4 Å². The number of amides is 1. The molecule has 2 unspecified atom stereocenters. The SMILES string of the molecule is CCCCCCCCCCCC/C=C/CCCC[C@@H](O)[C@H](CO[C@@H]1O[C@H](CO)[C@@H](O)C(O)C1O)NC(=O)CCCCCCCCCCCC. The van der Waals surface area contributed by atoms with Crippen LogP contribution >= 0.6 is 0 Å². The zero-order chi connectivity index (χ0) is 36.0. The topological polar surface area (TPSA) is 149 Å². The van der Waals surface area contributed by atoms with Gasteiger partial charge in [0.25, 0.3) is 0 Å². The van der Waals surface area contributed by atoms with Gasteiger partial charge >= 0.3 is 0 Å². The number of allylic oxidation sites excluding steroid dienone is 2. The summed E-state index contributed by atoms with van der Waals surface area (Å²) in [5.74, 6) is -0.157. The number of nitrogens with one attached hydrogen (secondary N) is 1. The van der Waals surface area contributed by atoms with Crippen LogP contribution in [-0.2, 0) is 14.3 Å². The maximum Gasteiger partial charge on any atom is 0.220 e. The summed E-state index contributed by atoms with van der Waals surface area (Å²) < 4.78 is 11.2. The average Bonchev–Trinajstić information content (AvgIpc) is 3.10. The fraction of sp³-hybridized carbons (Fsp3) is 0.925. The smallest absolute Gasteiger partial charge is 0.220 e. The van der Waals surface area contributed by atoms with Gasteiger partial charge in [-0.25, -0.2) is 0 Å². The summed E-state index contributed by atoms with van der Waals surface area (Å²) in [4.78, 5) is 12.9. The van der Waals surface area contributed by atoms with Crippen LogP contribution in [0.2, 0.25) is 0 Å². The molecule has 0 aromatic heterocycles. The third kappa shape index (κ3) is 23.2. The number of hydrogen-bond acceptors (Lipinski definition) is 8. The van der Waals surface area contributed by atoms with Crippen molar-refractivity contribution in [2.24, 2.45) is 0 Å². The van der Waals surface area contributed by atoms with Gasteiger partial charge in [-0.3, -0.25) is 4.79 Å². The van der Waals surface area contributed by atoms with Crippen molar-refractivity contribution in [3.8, 4) is 0 Å². The molecule has 0 radical (unpaired) electrons. The zero-order valence-electron chi connectivity index (χ0n) is 31.5. The van der Waals surface area contributed by atoms with E-state index in [0.717, 1.165) is 44.9 Å². The first-order valence-corrected chi connectivity index (χ1v) is 20.4. The van der Waals surface area contributed by atoms with Gasteiger partial charge in [0.15, 0.2) is 6.29 Å². The van der Waals surface area contributed by atoms with E-state index in [2.05, 4.69) is 31.3 Å². The molecule has 1 aliphatic heterocycles. The second-order valence-corrected chi connectivity index (χ2v) is 14.4. The molecule has 1 fully saturated rings. The van der Waals surface area contributed by atoms with Gasteiger partial charge in [-0.05, 0) is 38.5 Å². The molecule has 1 amide bonds. The third-order valence-electron chi connectivity index (χ3n) is 9.87. The Morgan fingerprint density at radius 3 is 1.65 bits per heavy atom. The second-order valence-electron chi connectivity index (χ2n) is 14.4. The van der Waals surface area contributed by atoms with Gasteiger partial charge in [-0.2, -0.15) is 0 Å². The maximum absolute atomic E-state index is 12.9. The van der Waals surface area contributed by atoms with Crippen LogP contribution in [0.4, 0.5) is 0 Å². The molecule has 0 bridgehead atoms. The Balaban J connectivity index is 2.40. The van der Waals surface area contributed by atoms with E-state index in [-0.39, 0.29) is 12.5 Å². The van der Waals surface area contributed by atoms with E-state index in [1.165, 1.54) is 109 Å². The van der Waals surface area contributed by atoms with Crippen LogP contribution in [0.3, 0.4) is 0 Å². The summed E-state index contributed by atoms with van der Waals surface area (Å²) in [6.07, 6.45) is 26.5. The highest BCUT2D eigenvalue weighted by molar-refractivity contribution is 5.76. The van der Waals surface area contributed by atoms with Crippen molar-refractivity contribution in [3.05, 3.63) is 12.2 Å². The molecule has 0 saturated carbocycles. The largest absolute Gasteiger partial charge is 0.394 e. The first kappa shape index (κ1) is 46.0. The Morgan fingerprint density at radius 1 is 0.673 bits per heavy atom. The number of hydrogen-bond donors (Lipinski definition) is 6. The van der Waals surface area contributed by atoms with Gasteiger partial charge < -0.3 is 40.3 Å². The molecule has 9 nitrogen and oxygen atoms in total. The number of carbonyl (C=O) groups excluding carboxylic acids is 1. The normalized spacial score (nSPS) is 22.5.